The van der Waals surface area contributed by atoms with Crippen LogP contribution in [0.3, 0.4) is 0 Å². The van der Waals surface area contributed by atoms with Crippen molar-refractivity contribution in [1.29, 1.82) is 0 Å². The second kappa shape index (κ2) is 3.24. The minimum atomic E-state index is -0.172. The molecule has 0 radical (unpaired) electrons. The number of rotatable bonds is 1. The second-order valence-electron chi connectivity index (χ2n) is 4.13. The molecule has 2 atom stereocenters. The van der Waals surface area contributed by atoms with E-state index in [4.69, 9.17) is 5.73 Å². The monoisotopic (exact) mass is 197 g/mol. The molecule has 2 N–H and O–H groups in total. The molecule has 5 heteroatoms. The van der Waals surface area contributed by atoms with Gasteiger partial charge in [-0.25, -0.2) is 4.79 Å². The standard InChI is InChI=1S/C9H15N3O2/c1-11-5-8(13)12(9(11)14)7-3-2-6(10)4-7/h6-7H,2-5,10H2,1H3. The highest BCUT2D eigenvalue weighted by atomic mass is 16.2. The van der Waals surface area contributed by atoms with Crippen LogP contribution in [0, 0.1) is 0 Å². The number of hydrogen-bond acceptors (Lipinski definition) is 3. The normalized spacial score (nSPS) is 33.3. The smallest absolute Gasteiger partial charge is 0.327 e. The molecule has 0 aromatic heterocycles. The molecule has 1 saturated carbocycles. The second-order valence-corrected chi connectivity index (χ2v) is 4.13. The van der Waals surface area contributed by atoms with Crippen molar-refractivity contribution in [1.82, 2.24) is 9.80 Å². The van der Waals surface area contributed by atoms with Crippen molar-refractivity contribution in [2.24, 2.45) is 5.73 Å². The van der Waals surface area contributed by atoms with E-state index in [1.54, 1.807) is 7.05 Å². The minimum absolute atomic E-state index is 0.0370. The van der Waals surface area contributed by atoms with Crippen molar-refractivity contribution in [3.8, 4) is 0 Å². The Morgan fingerprint density at radius 1 is 1.36 bits per heavy atom. The van der Waals surface area contributed by atoms with Gasteiger partial charge in [0.2, 0.25) is 0 Å². The lowest BCUT2D eigenvalue weighted by Crippen LogP contribution is -2.40. The SMILES string of the molecule is CN1CC(=O)N(C2CCC(N)C2)C1=O. The van der Waals surface area contributed by atoms with E-state index in [0.29, 0.717) is 0 Å². The van der Waals surface area contributed by atoms with Crippen LogP contribution >= 0.6 is 0 Å². The maximum Gasteiger partial charge on any atom is 0.327 e. The molecule has 2 fully saturated rings. The third kappa shape index (κ3) is 1.37. The molecule has 2 aliphatic rings. The molecular weight excluding hydrogens is 182 g/mol. The van der Waals surface area contributed by atoms with Gasteiger partial charge in [0.25, 0.3) is 5.91 Å². The number of urea groups is 1. The Bertz CT molecular complexity index is 279. The highest BCUT2D eigenvalue weighted by molar-refractivity contribution is 6.02. The lowest BCUT2D eigenvalue weighted by atomic mass is 10.2. The van der Waals surface area contributed by atoms with Crippen LogP contribution in [0.2, 0.25) is 0 Å². The van der Waals surface area contributed by atoms with Gasteiger partial charge in [-0.1, -0.05) is 0 Å². The third-order valence-corrected chi connectivity index (χ3v) is 2.98. The molecule has 0 bridgehead atoms. The van der Waals surface area contributed by atoms with Gasteiger partial charge in [-0.3, -0.25) is 9.69 Å². The predicted octanol–water partition coefficient (Wildman–Crippen LogP) is -0.240. The number of carbonyl (C=O) groups excluding carboxylic acids is 2. The molecular formula is C9H15N3O2. The van der Waals surface area contributed by atoms with Crippen molar-refractivity contribution >= 4 is 11.9 Å². The van der Waals surface area contributed by atoms with E-state index < -0.39 is 0 Å². The summed E-state index contributed by atoms with van der Waals surface area (Å²) in [6.07, 6.45) is 2.52. The van der Waals surface area contributed by atoms with Crippen molar-refractivity contribution in [2.45, 2.75) is 31.3 Å². The van der Waals surface area contributed by atoms with Crippen LogP contribution in [0.15, 0.2) is 0 Å². The minimum Gasteiger partial charge on any atom is -0.328 e. The fourth-order valence-electron chi connectivity index (χ4n) is 2.22. The van der Waals surface area contributed by atoms with Crippen LogP contribution in [0.5, 0.6) is 0 Å². The first kappa shape index (κ1) is 9.45. The number of amides is 3. The maximum atomic E-state index is 11.6. The molecule has 1 aliphatic carbocycles. The number of hydrogen-bond donors (Lipinski definition) is 1. The van der Waals surface area contributed by atoms with Crippen molar-refractivity contribution < 1.29 is 9.59 Å². The maximum absolute atomic E-state index is 11.6. The summed E-state index contributed by atoms with van der Waals surface area (Å²) in [4.78, 5) is 25.9. The summed E-state index contributed by atoms with van der Waals surface area (Å²) in [6.45, 7) is 0.213. The fraction of sp³-hybridized carbons (Fsp3) is 0.778. The molecule has 1 aliphatic heterocycles. The van der Waals surface area contributed by atoms with Crippen molar-refractivity contribution in [3.63, 3.8) is 0 Å². The Kier molecular flexibility index (Phi) is 2.19. The molecule has 14 heavy (non-hydrogen) atoms. The Hall–Kier alpha value is -1.10. The lowest BCUT2D eigenvalue weighted by Gasteiger charge is -2.21. The van der Waals surface area contributed by atoms with E-state index in [1.165, 1.54) is 9.80 Å². The lowest BCUT2D eigenvalue weighted by molar-refractivity contribution is -0.126. The van der Waals surface area contributed by atoms with E-state index in [1.807, 2.05) is 0 Å². The Morgan fingerprint density at radius 2 is 2.07 bits per heavy atom. The van der Waals surface area contributed by atoms with Gasteiger partial charge in [-0.15, -0.1) is 0 Å². The summed E-state index contributed by atoms with van der Waals surface area (Å²) in [5.41, 5.74) is 5.76. The molecule has 1 saturated heterocycles. The van der Waals surface area contributed by atoms with Crippen LogP contribution in [0.4, 0.5) is 4.79 Å². The Balaban J connectivity index is 2.10. The molecule has 2 unspecified atom stereocenters. The molecule has 78 valence electrons. The summed E-state index contributed by atoms with van der Waals surface area (Å²) in [5, 5.41) is 0. The number of nitrogens with two attached hydrogens (primary N) is 1. The highest BCUT2D eigenvalue weighted by Crippen LogP contribution is 2.26. The van der Waals surface area contributed by atoms with Gasteiger partial charge in [-0.2, -0.15) is 0 Å². The van der Waals surface area contributed by atoms with Crippen molar-refractivity contribution in [2.75, 3.05) is 13.6 Å². The number of carbonyl (C=O) groups is 2. The summed E-state index contributed by atoms with van der Waals surface area (Å²) >= 11 is 0. The van der Waals surface area contributed by atoms with E-state index in [-0.39, 0.29) is 30.6 Å². The highest BCUT2D eigenvalue weighted by Gasteiger charge is 2.40. The van der Waals surface area contributed by atoms with Crippen LogP contribution in [-0.2, 0) is 4.79 Å². The number of nitrogens with zero attached hydrogens (tertiary/aromatic N) is 2. The van der Waals surface area contributed by atoms with E-state index in [9.17, 15) is 9.59 Å². The third-order valence-electron chi connectivity index (χ3n) is 2.98. The summed E-state index contributed by atoms with van der Waals surface area (Å²) < 4.78 is 0. The first-order chi connectivity index (χ1) is 6.59. The van der Waals surface area contributed by atoms with Gasteiger partial charge in [0.05, 0.1) is 0 Å². The zero-order valence-corrected chi connectivity index (χ0v) is 8.27. The van der Waals surface area contributed by atoms with Gasteiger partial charge in [0, 0.05) is 19.1 Å². The molecule has 2 rings (SSSR count). The molecule has 3 amide bonds. The van der Waals surface area contributed by atoms with Gasteiger partial charge in [0.1, 0.15) is 6.54 Å². The summed E-state index contributed by atoms with van der Waals surface area (Å²) in [5.74, 6) is -0.0865. The van der Waals surface area contributed by atoms with E-state index in [0.717, 1.165) is 19.3 Å². The quantitative estimate of drug-likeness (QED) is 0.590. The zero-order valence-electron chi connectivity index (χ0n) is 8.27. The van der Waals surface area contributed by atoms with Crippen LogP contribution < -0.4 is 5.73 Å². The van der Waals surface area contributed by atoms with Gasteiger partial charge in [-0.05, 0) is 19.3 Å². The van der Waals surface area contributed by atoms with Crippen LogP contribution in [-0.4, -0.2) is 47.4 Å². The molecule has 0 spiro atoms. The average molecular weight is 197 g/mol. The predicted molar refractivity (Wildman–Crippen MR) is 50.5 cm³/mol. The summed E-state index contributed by atoms with van der Waals surface area (Å²) in [7, 11) is 1.65. The fourth-order valence-corrected chi connectivity index (χ4v) is 2.22. The summed E-state index contributed by atoms with van der Waals surface area (Å²) in [6, 6.07) is 0.00977. The van der Waals surface area contributed by atoms with E-state index >= 15 is 0 Å². The molecule has 1 heterocycles. The molecule has 0 aromatic carbocycles. The van der Waals surface area contributed by atoms with Crippen LogP contribution in [0.25, 0.3) is 0 Å². The van der Waals surface area contributed by atoms with Gasteiger partial charge < -0.3 is 10.6 Å². The van der Waals surface area contributed by atoms with Crippen LogP contribution in [0.1, 0.15) is 19.3 Å². The Morgan fingerprint density at radius 3 is 2.50 bits per heavy atom. The topological polar surface area (TPSA) is 66.6 Å². The van der Waals surface area contributed by atoms with Gasteiger partial charge in [0.15, 0.2) is 0 Å². The molecule has 5 nitrogen and oxygen atoms in total. The number of likely N-dealkylation sites (N-methyl/N-ethyl adjacent to an activating group) is 1. The zero-order chi connectivity index (χ0) is 10.3. The van der Waals surface area contributed by atoms with Crippen molar-refractivity contribution in [3.05, 3.63) is 0 Å². The first-order valence-electron chi connectivity index (χ1n) is 4.92. The van der Waals surface area contributed by atoms with E-state index in [2.05, 4.69) is 0 Å². The average Bonchev–Trinajstić information content (AvgIpc) is 2.60. The largest absolute Gasteiger partial charge is 0.328 e. The number of imide groups is 1. The molecule has 0 aromatic rings. The Labute approximate surface area is 82.8 Å². The van der Waals surface area contributed by atoms with Gasteiger partial charge >= 0.3 is 6.03 Å². The first-order valence-corrected chi connectivity index (χ1v) is 4.92.